The number of nitrogens with zero attached hydrogens (tertiary/aromatic N) is 2. The van der Waals surface area contributed by atoms with Crippen LogP contribution in [0.1, 0.15) is 27.2 Å². The first-order valence-corrected chi connectivity index (χ1v) is 7.08. The lowest BCUT2D eigenvalue weighted by Crippen LogP contribution is -2.26. The van der Waals surface area contributed by atoms with Crippen molar-refractivity contribution in [1.29, 1.82) is 0 Å². The summed E-state index contributed by atoms with van der Waals surface area (Å²) < 4.78 is 1.69. The van der Waals surface area contributed by atoms with Crippen LogP contribution in [0.3, 0.4) is 0 Å². The molecule has 0 bridgehead atoms. The van der Waals surface area contributed by atoms with E-state index in [0.717, 1.165) is 40.8 Å². The second-order valence-electron chi connectivity index (χ2n) is 3.89. The number of rotatable bonds is 6. The van der Waals surface area contributed by atoms with Gasteiger partial charge in [0.2, 0.25) is 0 Å². The third kappa shape index (κ3) is 5.23. The minimum absolute atomic E-state index is 0.831. The summed E-state index contributed by atoms with van der Waals surface area (Å²) in [7, 11) is 4.22. The Morgan fingerprint density at radius 1 is 1.12 bits per heavy atom. The van der Waals surface area contributed by atoms with Crippen molar-refractivity contribution in [1.82, 2.24) is 4.90 Å². The van der Waals surface area contributed by atoms with Crippen LogP contribution < -0.4 is 4.90 Å². The average Bonchev–Trinajstić information content (AvgIpc) is 2.37. The Bertz CT molecular complexity index is 380. The van der Waals surface area contributed by atoms with Gasteiger partial charge in [-0.15, -0.1) is 0 Å². The average molecular weight is 272 g/mol. The zero-order valence-corrected chi connectivity index (χ0v) is 13.2. The van der Waals surface area contributed by atoms with Gasteiger partial charge in [-0.25, -0.2) is 0 Å². The number of anilines is 1. The van der Waals surface area contributed by atoms with Gasteiger partial charge in [-0.3, -0.25) is 0 Å². The Labute approximate surface area is 116 Å². The van der Waals surface area contributed by atoms with E-state index in [0.29, 0.717) is 0 Å². The molecular weight excluding hydrogens is 248 g/mol. The lowest BCUT2D eigenvalue weighted by atomic mass is 10.2. The van der Waals surface area contributed by atoms with E-state index in [9.17, 15) is 0 Å². The summed E-state index contributed by atoms with van der Waals surface area (Å²) in [6, 6.07) is 1.99. The van der Waals surface area contributed by atoms with E-state index < -0.39 is 0 Å². The molecule has 0 N–H and O–H groups in total. The summed E-state index contributed by atoms with van der Waals surface area (Å²) in [5, 5.41) is 0. The van der Waals surface area contributed by atoms with E-state index in [1.807, 2.05) is 19.9 Å². The number of hydrogen-bond acceptors (Lipinski definition) is 4. The Morgan fingerprint density at radius 2 is 1.71 bits per heavy atom. The molecule has 0 aliphatic carbocycles. The van der Waals surface area contributed by atoms with Crippen molar-refractivity contribution in [2.75, 3.05) is 38.6 Å². The molecule has 2 nitrogen and oxygen atoms in total. The van der Waals surface area contributed by atoms with Gasteiger partial charge in [0.1, 0.15) is 0 Å². The van der Waals surface area contributed by atoms with Gasteiger partial charge in [0.25, 0.3) is 0 Å². The van der Waals surface area contributed by atoms with Gasteiger partial charge < -0.3 is 9.80 Å². The van der Waals surface area contributed by atoms with Crippen molar-refractivity contribution < 1.29 is 0 Å². The molecule has 0 heterocycles. The Morgan fingerprint density at radius 3 is 2.12 bits per heavy atom. The molecule has 0 unspecified atom stereocenters. The Hall–Kier alpha value is -0.320. The maximum absolute atomic E-state index is 5.17. The number of hydrogen-bond donors (Lipinski definition) is 0. The summed E-state index contributed by atoms with van der Waals surface area (Å²) in [4.78, 5) is 4.51. The Kier molecular flexibility index (Phi) is 8.56. The largest absolute Gasteiger partial charge is 0.373 e. The molecule has 0 saturated heterocycles. The summed E-state index contributed by atoms with van der Waals surface area (Å²) in [5.74, 6) is 0. The van der Waals surface area contributed by atoms with Crippen LogP contribution in [0.2, 0.25) is 0 Å². The highest BCUT2D eigenvalue weighted by Gasteiger charge is 2.07. The first-order valence-electron chi connectivity index (χ1n) is 6.26. The summed E-state index contributed by atoms with van der Waals surface area (Å²) in [6.45, 7) is 9.45. The summed E-state index contributed by atoms with van der Waals surface area (Å²) in [6.07, 6.45) is 1.16. The fourth-order valence-electron chi connectivity index (χ4n) is 1.44. The smallest absolute Gasteiger partial charge is 0.0792 e. The highest BCUT2D eigenvalue weighted by Crippen LogP contribution is 2.21. The predicted molar refractivity (Wildman–Crippen MR) is 82.9 cm³/mol. The SMILES string of the molecule is CC.CCN(C)CCCN(C)c1cc(=S)c1=S. The molecule has 1 rings (SSSR count). The summed E-state index contributed by atoms with van der Waals surface area (Å²) in [5.41, 5.74) is 1.13. The topological polar surface area (TPSA) is 6.48 Å². The van der Waals surface area contributed by atoms with Crippen LogP contribution in [-0.2, 0) is 0 Å². The van der Waals surface area contributed by atoms with Gasteiger partial charge in [-0.05, 0) is 32.6 Å². The monoisotopic (exact) mass is 272 g/mol. The van der Waals surface area contributed by atoms with Crippen LogP contribution >= 0.6 is 24.4 Å². The molecule has 0 aliphatic rings. The Balaban J connectivity index is 0.00000121. The predicted octanol–water partition coefficient (Wildman–Crippen LogP) is 3.83. The molecule has 0 fully saturated rings. The lowest BCUT2D eigenvalue weighted by molar-refractivity contribution is 0.349. The zero-order valence-electron chi connectivity index (χ0n) is 11.6. The second-order valence-corrected chi connectivity index (χ2v) is 4.74. The van der Waals surface area contributed by atoms with Crippen LogP contribution in [0, 0.1) is 9.02 Å². The van der Waals surface area contributed by atoms with Crippen LogP contribution in [0.5, 0.6) is 0 Å². The second kappa shape index (κ2) is 8.72. The third-order valence-corrected chi connectivity index (χ3v) is 3.59. The maximum atomic E-state index is 5.17. The minimum atomic E-state index is 0.831. The first-order chi connectivity index (χ1) is 8.06. The van der Waals surface area contributed by atoms with Gasteiger partial charge >= 0.3 is 0 Å². The molecule has 0 amide bonds. The molecule has 0 aromatic heterocycles. The molecule has 1 aromatic rings. The third-order valence-electron chi connectivity index (χ3n) is 2.71. The van der Waals surface area contributed by atoms with Gasteiger partial charge in [-0.1, -0.05) is 45.2 Å². The van der Waals surface area contributed by atoms with Crippen molar-refractivity contribution in [2.45, 2.75) is 27.2 Å². The molecule has 4 heteroatoms. The van der Waals surface area contributed by atoms with E-state index in [-0.39, 0.29) is 0 Å². The quantitative estimate of drug-likeness (QED) is 0.726. The molecule has 0 saturated carbocycles. The van der Waals surface area contributed by atoms with Gasteiger partial charge in [0.15, 0.2) is 0 Å². The van der Waals surface area contributed by atoms with Gasteiger partial charge in [0, 0.05) is 13.6 Å². The maximum Gasteiger partial charge on any atom is 0.0792 e. The van der Waals surface area contributed by atoms with Crippen molar-refractivity contribution in [3.05, 3.63) is 15.1 Å². The minimum Gasteiger partial charge on any atom is -0.373 e. The molecule has 0 radical (unpaired) electrons. The van der Waals surface area contributed by atoms with Crippen LogP contribution in [-0.4, -0.2) is 38.6 Å². The van der Waals surface area contributed by atoms with Gasteiger partial charge in [0.05, 0.1) is 14.7 Å². The molecule has 0 aliphatic heterocycles. The molecule has 1 aromatic carbocycles. The molecule has 17 heavy (non-hydrogen) atoms. The fourth-order valence-corrected chi connectivity index (χ4v) is 1.93. The van der Waals surface area contributed by atoms with E-state index in [1.165, 1.54) is 0 Å². The van der Waals surface area contributed by atoms with Crippen LogP contribution in [0.15, 0.2) is 6.07 Å². The van der Waals surface area contributed by atoms with E-state index in [4.69, 9.17) is 24.4 Å². The normalized spacial score (nSPS) is 10.2. The zero-order chi connectivity index (χ0) is 13.4. The standard InChI is InChI=1S/C11H18N2S2.C2H6/c1-4-12(2)6-5-7-13(3)9-8-10(14)11(9)15;1-2/h8H,4-7H2,1-3H3;1-2H3. The molecular formula is C13H24N2S2. The molecule has 0 spiro atoms. The van der Waals surface area contributed by atoms with Crippen LogP contribution in [0.4, 0.5) is 5.69 Å². The molecule has 98 valence electrons. The van der Waals surface area contributed by atoms with E-state index >= 15 is 0 Å². The van der Waals surface area contributed by atoms with Gasteiger partial charge in [-0.2, -0.15) is 0 Å². The van der Waals surface area contributed by atoms with Crippen molar-refractivity contribution in [3.63, 3.8) is 0 Å². The van der Waals surface area contributed by atoms with Crippen molar-refractivity contribution in [2.24, 2.45) is 0 Å². The van der Waals surface area contributed by atoms with E-state index in [2.05, 4.69) is 30.8 Å². The van der Waals surface area contributed by atoms with Crippen molar-refractivity contribution >= 4 is 30.1 Å². The fraction of sp³-hybridized carbons (Fsp3) is 0.692. The molecule has 0 atom stereocenters. The highest BCUT2D eigenvalue weighted by atomic mass is 32.1. The van der Waals surface area contributed by atoms with Crippen molar-refractivity contribution in [3.8, 4) is 0 Å². The summed E-state index contributed by atoms with van der Waals surface area (Å²) >= 11 is 10.2. The van der Waals surface area contributed by atoms with Crippen LogP contribution in [0.25, 0.3) is 0 Å². The first kappa shape index (κ1) is 16.7. The van der Waals surface area contributed by atoms with E-state index in [1.54, 1.807) is 0 Å². The highest BCUT2D eigenvalue weighted by molar-refractivity contribution is 7.74. The lowest BCUT2D eigenvalue weighted by Gasteiger charge is -2.22.